The molecule has 1 fully saturated rings. The molecular weight excluding hydrogens is 300 g/mol. The van der Waals surface area contributed by atoms with Gasteiger partial charge in [0.2, 0.25) is 0 Å². The smallest absolute Gasteiger partial charge is 0.257 e. The fraction of sp³-hybridized carbons (Fsp3) is 0.368. The third kappa shape index (κ3) is 3.74. The summed E-state index contributed by atoms with van der Waals surface area (Å²) in [6, 6.07) is 10.3. The first-order chi connectivity index (χ1) is 11.6. The van der Waals surface area contributed by atoms with Crippen molar-refractivity contribution in [2.24, 2.45) is 7.05 Å². The van der Waals surface area contributed by atoms with Crippen molar-refractivity contribution < 1.29 is 4.79 Å². The number of aryl methyl sites for hydroxylation is 1. The normalized spacial score (nSPS) is 16.0. The van der Waals surface area contributed by atoms with Gasteiger partial charge in [0, 0.05) is 45.5 Å². The fourth-order valence-corrected chi connectivity index (χ4v) is 2.91. The van der Waals surface area contributed by atoms with Crippen LogP contribution in [0, 0.1) is 6.92 Å². The standard InChI is InChI=1S/C19H24N4O/c1-16-18(15-20-21(16)2)19(24)23-13-11-22(12-14-23)10-6-9-17-7-4-3-5-8-17/h3-9,15H,10-14H2,1-2H3/b9-6+. The van der Waals surface area contributed by atoms with Crippen LogP contribution >= 0.6 is 0 Å². The number of rotatable bonds is 4. The van der Waals surface area contributed by atoms with Crippen LogP contribution in [0.1, 0.15) is 21.6 Å². The second kappa shape index (κ2) is 7.45. The number of nitrogens with zero attached hydrogens (tertiary/aromatic N) is 4. The van der Waals surface area contributed by atoms with Crippen molar-refractivity contribution >= 4 is 12.0 Å². The molecule has 2 heterocycles. The van der Waals surface area contributed by atoms with Gasteiger partial charge in [0.05, 0.1) is 11.8 Å². The van der Waals surface area contributed by atoms with E-state index in [-0.39, 0.29) is 5.91 Å². The topological polar surface area (TPSA) is 41.4 Å². The van der Waals surface area contributed by atoms with E-state index in [2.05, 4.69) is 34.3 Å². The molecule has 2 aromatic rings. The van der Waals surface area contributed by atoms with Crippen molar-refractivity contribution in [3.05, 3.63) is 59.4 Å². The summed E-state index contributed by atoms with van der Waals surface area (Å²) >= 11 is 0. The lowest BCUT2D eigenvalue weighted by molar-refractivity contribution is 0.0649. The number of hydrogen-bond acceptors (Lipinski definition) is 3. The Balaban J connectivity index is 1.50. The van der Waals surface area contributed by atoms with Gasteiger partial charge in [0.25, 0.3) is 5.91 Å². The minimum Gasteiger partial charge on any atom is -0.336 e. The van der Waals surface area contributed by atoms with Crippen molar-refractivity contribution in [2.45, 2.75) is 6.92 Å². The molecule has 0 N–H and O–H groups in total. The number of piperazine rings is 1. The molecule has 0 atom stereocenters. The number of hydrogen-bond donors (Lipinski definition) is 0. The summed E-state index contributed by atoms with van der Waals surface area (Å²) in [4.78, 5) is 16.9. The third-order valence-corrected chi connectivity index (χ3v) is 4.60. The maximum absolute atomic E-state index is 12.6. The Kier molecular flexibility index (Phi) is 5.11. The van der Waals surface area contributed by atoms with E-state index in [1.165, 1.54) is 5.56 Å². The first-order valence-electron chi connectivity index (χ1n) is 8.37. The minimum atomic E-state index is 0.0973. The number of benzene rings is 1. The van der Waals surface area contributed by atoms with Gasteiger partial charge < -0.3 is 4.90 Å². The molecule has 3 rings (SSSR count). The van der Waals surface area contributed by atoms with Gasteiger partial charge in [-0.25, -0.2) is 0 Å². The average Bonchev–Trinajstić information content (AvgIpc) is 2.95. The van der Waals surface area contributed by atoms with Crippen LogP contribution in [0.25, 0.3) is 6.08 Å². The number of carbonyl (C=O) groups excluding carboxylic acids is 1. The van der Waals surface area contributed by atoms with E-state index in [0.29, 0.717) is 0 Å². The van der Waals surface area contributed by atoms with Gasteiger partial charge in [-0.3, -0.25) is 14.4 Å². The van der Waals surface area contributed by atoms with Crippen LogP contribution in [0.3, 0.4) is 0 Å². The van der Waals surface area contributed by atoms with Gasteiger partial charge in [-0.2, -0.15) is 5.10 Å². The predicted molar refractivity (Wildman–Crippen MR) is 95.8 cm³/mol. The predicted octanol–water partition coefficient (Wildman–Crippen LogP) is 2.20. The molecule has 1 aliphatic heterocycles. The van der Waals surface area contributed by atoms with Crippen molar-refractivity contribution in [3.63, 3.8) is 0 Å². The summed E-state index contributed by atoms with van der Waals surface area (Å²) in [6.07, 6.45) is 6.02. The first-order valence-corrected chi connectivity index (χ1v) is 8.37. The molecule has 0 spiro atoms. The quantitative estimate of drug-likeness (QED) is 0.866. The van der Waals surface area contributed by atoms with Gasteiger partial charge in [0.15, 0.2) is 0 Å². The summed E-state index contributed by atoms with van der Waals surface area (Å²) < 4.78 is 1.75. The highest BCUT2D eigenvalue weighted by molar-refractivity contribution is 5.95. The summed E-state index contributed by atoms with van der Waals surface area (Å²) in [5.74, 6) is 0.0973. The molecule has 5 nitrogen and oxygen atoms in total. The molecule has 0 bridgehead atoms. The fourth-order valence-electron chi connectivity index (χ4n) is 2.91. The lowest BCUT2D eigenvalue weighted by atomic mass is 10.2. The second-order valence-corrected chi connectivity index (χ2v) is 6.17. The SMILES string of the molecule is Cc1c(C(=O)N2CCN(C/C=C/c3ccccc3)CC2)cnn1C. The third-order valence-electron chi connectivity index (χ3n) is 4.60. The van der Waals surface area contributed by atoms with E-state index in [9.17, 15) is 4.79 Å². The van der Waals surface area contributed by atoms with E-state index >= 15 is 0 Å². The summed E-state index contributed by atoms with van der Waals surface area (Å²) in [5.41, 5.74) is 2.86. The van der Waals surface area contributed by atoms with Crippen LogP contribution in [0.15, 0.2) is 42.6 Å². The Morgan fingerprint density at radius 3 is 2.50 bits per heavy atom. The highest BCUT2D eigenvalue weighted by atomic mass is 16.2. The van der Waals surface area contributed by atoms with Crippen molar-refractivity contribution in [3.8, 4) is 0 Å². The molecule has 1 aromatic heterocycles. The summed E-state index contributed by atoms with van der Waals surface area (Å²) in [7, 11) is 1.86. The van der Waals surface area contributed by atoms with Crippen molar-refractivity contribution in [1.82, 2.24) is 19.6 Å². The van der Waals surface area contributed by atoms with Crippen LogP contribution < -0.4 is 0 Å². The molecule has 1 amide bonds. The van der Waals surface area contributed by atoms with Crippen LogP contribution in [0.2, 0.25) is 0 Å². The maximum Gasteiger partial charge on any atom is 0.257 e. The first kappa shape index (κ1) is 16.5. The molecule has 1 saturated heterocycles. The largest absolute Gasteiger partial charge is 0.336 e. The second-order valence-electron chi connectivity index (χ2n) is 6.17. The molecule has 1 aromatic carbocycles. The Labute approximate surface area is 143 Å². The zero-order valence-electron chi connectivity index (χ0n) is 14.4. The van der Waals surface area contributed by atoms with Gasteiger partial charge >= 0.3 is 0 Å². The van der Waals surface area contributed by atoms with Gasteiger partial charge in [-0.15, -0.1) is 0 Å². The zero-order valence-corrected chi connectivity index (χ0v) is 14.4. The molecule has 0 radical (unpaired) electrons. The van der Waals surface area contributed by atoms with E-state index in [1.54, 1.807) is 10.9 Å². The molecule has 0 unspecified atom stereocenters. The Morgan fingerprint density at radius 2 is 1.88 bits per heavy atom. The van der Waals surface area contributed by atoms with Crippen LogP contribution in [-0.2, 0) is 7.05 Å². The molecular formula is C19H24N4O. The Morgan fingerprint density at radius 1 is 1.17 bits per heavy atom. The number of aromatic nitrogens is 2. The van der Waals surface area contributed by atoms with Gasteiger partial charge in [0.1, 0.15) is 0 Å². The summed E-state index contributed by atoms with van der Waals surface area (Å²) in [6.45, 7) is 6.21. The molecule has 1 aliphatic rings. The van der Waals surface area contributed by atoms with Crippen LogP contribution in [-0.4, -0.2) is 58.2 Å². The average molecular weight is 324 g/mol. The number of carbonyl (C=O) groups is 1. The van der Waals surface area contributed by atoms with E-state index in [4.69, 9.17) is 0 Å². The number of amides is 1. The zero-order chi connectivity index (χ0) is 16.9. The highest BCUT2D eigenvalue weighted by Gasteiger charge is 2.23. The molecule has 5 heteroatoms. The van der Waals surface area contributed by atoms with E-state index < -0.39 is 0 Å². The minimum absolute atomic E-state index is 0.0973. The van der Waals surface area contributed by atoms with E-state index in [0.717, 1.165) is 44.0 Å². The maximum atomic E-state index is 12.6. The molecule has 126 valence electrons. The lowest BCUT2D eigenvalue weighted by Crippen LogP contribution is -2.48. The van der Waals surface area contributed by atoms with Gasteiger partial charge in [-0.1, -0.05) is 42.5 Å². The van der Waals surface area contributed by atoms with Crippen molar-refractivity contribution in [2.75, 3.05) is 32.7 Å². The monoisotopic (exact) mass is 324 g/mol. The van der Waals surface area contributed by atoms with Crippen LogP contribution in [0.4, 0.5) is 0 Å². The highest BCUT2D eigenvalue weighted by Crippen LogP contribution is 2.12. The van der Waals surface area contributed by atoms with Crippen molar-refractivity contribution in [1.29, 1.82) is 0 Å². The lowest BCUT2D eigenvalue weighted by Gasteiger charge is -2.34. The molecule has 24 heavy (non-hydrogen) atoms. The molecule has 0 aliphatic carbocycles. The van der Waals surface area contributed by atoms with Crippen LogP contribution in [0.5, 0.6) is 0 Å². The van der Waals surface area contributed by atoms with Gasteiger partial charge in [-0.05, 0) is 12.5 Å². The summed E-state index contributed by atoms with van der Waals surface area (Å²) in [5, 5.41) is 4.17. The Hall–Kier alpha value is -2.40. The van der Waals surface area contributed by atoms with E-state index in [1.807, 2.05) is 37.1 Å². The molecule has 0 saturated carbocycles. The Bertz CT molecular complexity index is 712.